The van der Waals surface area contributed by atoms with Crippen molar-refractivity contribution < 1.29 is 4.79 Å². The molecule has 8 heteroatoms. The number of fused-ring (bicyclic) bond motifs is 1. The molecule has 24 heavy (non-hydrogen) atoms. The van der Waals surface area contributed by atoms with Crippen LogP contribution in [-0.4, -0.2) is 15.5 Å². The number of rotatable bonds is 3. The molecule has 1 amide bonds. The molecule has 0 fully saturated rings. The quantitative estimate of drug-likeness (QED) is 0.745. The van der Waals surface area contributed by atoms with Crippen LogP contribution in [0.1, 0.15) is 0 Å². The molecule has 5 nitrogen and oxygen atoms in total. The zero-order valence-corrected chi connectivity index (χ0v) is 14.4. The van der Waals surface area contributed by atoms with E-state index in [1.807, 2.05) is 0 Å². The molecule has 3 aromatic rings. The molecular formula is C16H10Cl3N3O2. The third-order valence-electron chi connectivity index (χ3n) is 3.32. The molecule has 0 bridgehead atoms. The van der Waals surface area contributed by atoms with Gasteiger partial charge in [0.1, 0.15) is 6.54 Å². The normalized spacial score (nSPS) is 10.8. The number of carbonyl (C=O) groups is 1. The summed E-state index contributed by atoms with van der Waals surface area (Å²) in [6.07, 6.45) is 1.33. The number of para-hydroxylation sites is 1. The number of nitrogens with one attached hydrogen (secondary N) is 1. The maximum Gasteiger partial charge on any atom is 0.261 e. The summed E-state index contributed by atoms with van der Waals surface area (Å²) >= 11 is 17.9. The van der Waals surface area contributed by atoms with Crippen molar-refractivity contribution in [2.24, 2.45) is 0 Å². The maximum atomic E-state index is 12.4. The largest absolute Gasteiger partial charge is 0.322 e. The molecule has 0 radical (unpaired) electrons. The first-order chi connectivity index (χ1) is 11.5. The van der Waals surface area contributed by atoms with Gasteiger partial charge in [-0.25, -0.2) is 4.98 Å². The van der Waals surface area contributed by atoms with E-state index in [9.17, 15) is 9.59 Å². The lowest BCUT2D eigenvalue weighted by Crippen LogP contribution is -2.28. The summed E-state index contributed by atoms with van der Waals surface area (Å²) in [6.45, 7) is -0.216. The number of hydrogen-bond donors (Lipinski definition) is 1. The Hall–Kier alpha value is -2.08. The number of anilines is 1. The highest BCUT2D eigenvalue weighted by Gasteiger charge is 2.13. The number of aromatic nitrogens is 2. The minimum absolute atomic E-state index is 0.213. The van der Waals surface area contributed by atoms with Gasteiger partial charge >= 0.3 is 0 Å². The topological polar surface area (TPSA) is 64.0 Å². The van der Waals surface area contributed by atoms with Crippen LogP contribution in [0.5, 0.6) is 0 Å². The first kappa shape index (κ1) is 16.8. The van der Waals surface area contributed by atoms with Crippen LogP contribution in [0.3, 0.4) is 0 Å². The van der Waals surface area contributed by atoms with Crippen LogP contribution in [0.15, 0.2) is 47.5 Å². The Labute approximate surface area is 151 Å². The zero-order chi connectivity index (χ0) is 17.3. The van der Waals surface area contributed by atoms with Gasteiger partial charge in [-0.05, 0) is 24.3 Å². The second-order valence-electron chi connectivity index (χ2n) is 4.99. The zero-order valence-electron chi connectivity index (χ0n) is 12.1. The van der Waals surface area contributed by atoms with E-state index in [4.69, 9.17) is 34.8 Å². The van der Waals surface area contributed by atoms with Gasteiger partial charge in [0.2, 0.25) is 5.91 Å². The van der Waals surface area contributed by atoms with Gasteiger partial charge in [0, 0.05) is 5.02 Å². The molecule has 0 aliphatic carbocycles. The Bertz CT molecular complexity index is 978. The van der Waals surface area contributed by atoms with Crippen LogP contribution in [0.25, 0.3) is 10.9 Å². The molecule has 0 atom stereocenters. The number of nitrogens with zero attached hydrogens (tertiary/aromatic N) is 2. The molecule has 3 rings (SSSR count). The number of benzene rings is 2. The van der Waals surface area contributed by atoms with Crippen LogP contribution in [0.2, 0.25) is 15.1 Å². The van der Waals surface area contributed by atoms with E-state index in [0.29, 0.717) is 15.9 Å². The monoisotopic (exact) mass is 381 g/mol. The number of carbonyl (C=O) groups excluding carboxylic acids is 1. The number of amides is 1. The first-order valence-corrected chi connectivity index (χ1v) is 7.97. The lowest BCUT2D eigenvalue weighted by Gasteiger charge is -2.11. The van der Waals surface area contributed by atoms with E-state index >= 15 is 0 Å². The minimum atomic E-state index is -0.458. The van der Waals surface area contributed by atoms with Gasteiger partial charge < -0.3 is 5.32 Å². The van der Waals surface area contributed by atoms with Crippen LogP contribution in [-0.2, 0) is 11.3 Å². The van der Waals surface area contributed by atoms with Gasteiger partial charge in [-0.3, -0.25) is 14.2 Å². The first-order valence-electron chi connectivity index (χ1n) is 6.84. The average Bonchev–Trinajstić information content (AvgIpc) is 2.54. The summed E-state index contributed by atoms with van der Waals surface area (Å²) in [5, 5.41) is 3.81. The summed E-state index contributed by atoms with van der Waals surface area (Å²) in [5.74, 6) is -0.458. The second-order valence-corrected chi connectivity index (χ2v) is 6.24. The van der Waals surface area contributed by atoms with Crippen molar-refractivity contribution in [1.29, 1.82) is 0 Å². The van der Waals surface area contributed by atoms with Crippen molar-refractivity contribution >= 4 is 57.3 Å². The molecule has 0 saturated heterocycles. The predicted octanol–water partition coefficient (Wildman–Crippen LogP) is 4.00. The fourth-order valence-electron chi connectivity index (χ4n) is 2.21. The van der Waals surface area contributed by atoms with E-state index in [0.717, 1.165) is 0 Å². The summed E-state index contributed by atoms with van der Waals surface area (Å²) in [6, 6.07) is 9.85. The highest BCUT2D eigenvalue weighted by atomic mass is 35.5. The van der Waals surface area contributed by atoms with Crippen molar-refractivity contribution in [3.05, 3.63) is 68.1 Å². The van der Waals surface area contributed by atoms with Crippen molar-refractivity contribution in [1.82, 2.24) is 9.55 Å². The standard InChI is InChI=1S/C16H10Cl3N3O2/c17-9-5-11(18)15(12(19)6-9)21-14(23)7-22-8-20-13-4-2-1-3-10(13)16(22)24/h1-6,8H,7H2,(H,21,23). The van der Waals surface area contributed by atoms with E-state index in [1.54, 1.807) is 24.3 Å². The summed E-state index contributed by atoms with van der Waals surface area (Å²) in [7, 11) is 0. The molecule has 2 aromatic carbocycles. The average molecular weight is 383 g/mol. The Morgan fingerprint density at radius 3 is 2.50 bits per heavy atom. The lowest BCUT2D eigenvalue weighted by molar-refractivity contribution is -0.116. The Balaban J connectivity index is 1.86. The SMILES string of the molecule is O=C(Cn1cnc2ccccc2c1=O)Nc1c(Cl)cc(Cl)cc1Cl. The van der Waals surface area contributed by atoms with Crippen molar-refractivity contribution in [2.75, 3.05) is 5.32 Å². The predicted molar refractivity (Wildman–Crippen MR) is 96.1 cm³/mol. The van der Waals surface area contributed by atoms with Crippen LogP contribution in [0, 0.1) is 0 Å². The van der Waals surface area contributed by atoms with Crippen molar-refractivity contribution in [2.45, 2.75) is 6.54 Å². The Morgan fingerprint density at radius 1 is 1.12 bits per heavy atom. The van der Waals surface area contributed by atoms with E-state index in [1.165, 1.54) is 23.0 Å². The molecule has 122 valence electrons. The van der Waals surface area contributed by atoms with Crippen LogP contribution >= 0.6 is 34.8 Å². The van der Waals surface area contributed by atoms with Gasteiger partial charge in [0.05, 0.1) is 33.0 Å². The number of hydrogen-bond acceptors (Lipinski definition) is 3. The molecule has 0 aliphatic rings. The fourth-order valence-corrected chi connectivity index (χ4v) is 3.13. The molecule has 0 spiro atoms. The summed E-state index contributed by atoms with van der Waals surface area (Å²) in [5.41, 5.74) is 0.515. The third-order valence-corrected chi connectivity index (χ3v) is 4.13. The second kappa shape index (κ2) is 6.81. The van der Waals surface area contributed by atoms with Crippen LogP contribution < -0.4 is 10.9 Å². The highest BCUT2D eigenvalue weighted by molar-refractivity contribution is 6.42. The molecule has 0 aliphatic heterocycles. The van der Waals surface area contributed by atoms with Crippen molar-refractivity contribution in [3.63, 3.8) is 0 Å². The minimum Gasteiger partial charge on any atom is -0.322 e. The smallest absolute Gasteiger partial charge is 0.261 e. The molecule has 1 heterocycles. The lowest BCUT2D eigenvalue weighted by atomic mass is 10.2. The summed E-state index contributed by atoms with van der Waals surface area (Å²) in [4.78, 5) is 28.7. The van der Waals surface area contributed by atoms with Gasteiger partial charge in [0.25, 0.3) is 5.56 Å². The summed E-state index contributed by atoms with van der Waals surface area (Å²) < 4.78 is 1.22. The van der Waals surface area contributed by atoms with Gasteiger partial charge in [0.15, 0.2) is 0 Å². The highest BCUT2D eigenvalue weighted by Crippen LogP contribution is 2.33. The Kier molecular flexibility index (Phi) is 4.76. The van der Waals surface area contributed by atoms with Crippen molar-refractivity contribution in [3.8, 4) is 0 Å². The van der Waals surface area contributed by atoms with Gasteiger partial charge in [-0.2, -0.15) is 0 Å². The van der Waals surface area contributed by atoms with E-state index < -0.39 is 5.91 Å². The molecule has 1 aromatic heterocycles. The third kappa shape index (κ3) is 3.38. The van der Waals surface area contributed by atoms with Gasteiger partial charge in [-0.15, -0.1) is 0 Å². The molecule has 1 N–H and O–H groups in total. The molecule has 0 unspecified atom stereocenters. The maximum absolute atomic E-state index is 12.4. The fraction of sp³-hybridized carbons (Fsp3) is 0.0625. The molecule has 0 saturated carbocycles. The van der Waals surface area contributed by atoms with Gasteiger partial charge in [-0.1, -0.05) is 46.9 Å². The van der Waals surface area contributed by atoms with Crippen LogP contribution in [0.4, 0.5) is 5.69 Å². The molecular weight excluding hydrogens is 373 g/mol. The van der Waals surface area contributed by atoms with E-state index in [-0.39, 0.29) is 27.8 Å². The Morgan fingerprint density at radius 2 is 1.79 bits per heavy atom. The number of halogens is 3. The van der Waals surface area contributed by atoms with E-state index in [2.05, 4.69) is 10.3 Å².